The normalized spacial score (nSPS) is 31.0. The number of carbonyl (C=O) groups is 3. The standard InChI is InChI=1S/C42H66N2O15/c1-24(17-18-27-26(3)15-12-19-42(27,4)5)13-11-14-25(2)21-31(45)44-28(38(51)54-7)16-9-10-20-43-41(52)59-37-33(47)30(57-39(55-8)36(37)50)23-56-40-35(49)34(48)32(46)29(58-40)22-53-6/h11,13-14,17-18,21,28-30,32-37,39-40,46-50H,9-10,12,15-16,19-20,22-23H2,1-8H3,(H,43,52)(H,44,45)/b14-11+,18-17+,24-13+,25-21+/t28-,29?,30?,32+,33+,34-,35?,36?,37-,39-,40+/m0/s1. The molecular formula is C42H66N2O15. The third kappa shape index (κ3) is 14.9. The Morgan fingerprint density at radius 2 is 1.58 bits per heavy atom. The van der Waals surface area contributed by atoms with Gasteiger partial charge in [-0.15, -0.1) is 0 Å². The zero-order valence-electron chi connectivity index (χ0n) is 35.5. The van der Waals surface area contributed by atoms with Crippen molar-refractivity contribution >= 4 is 18.0 Å². The molecule has 0 bridgehead atoms. The van der Waals surface area contributed by atoms with Gasteiger partial charge in [0.25, 0.3) is 0 Å². The number of ether oxygens (including phenoxy) is 7. The average molecular weight is 839 g/mol. The number of unbranched alkanes of at least 4 members (excludes halogenated alkanes) is 1. The van der Waals surface area contributed by atoms with E-state index in [1.165, 1.54) is 51.4 Å². The van der Waals surface area contributed by atoms with Crippen LogP contribution in [0.2, 0.25) is 0 Å². The Kier molecular flexibility index (Phi) is 20.4. The second-order valence-corrected chi connectivity index (χ2v) is 15.9. The molecule has 334 valence electrons. The van der Waals surface area contributed by atoms with Crippen LogP contribution in [0, 0.1) is 5.41 Å². The first-order valence-corrected chi connectivity index (χ1v) is 20.0. The molecule has 2 amide bonds. The summed E-state index contributed by atoms with van der Waals surface area (Å²) in [5.74, 6) is -1.08. The molecule has 2 saturated heterocycles. The van der Waals surface area contributed by atoms with Gasteiger partial charge in [0.2, 0.25) is 5.91 Å². The minimum absolute atomic E-state index is 0.0882. The van der Waals surface area contributed by atoms with Crippen molar-refractivity contribution in [3.8, 4) is 0 Å². The van der Waals surface area contributed by atoms with Gasteiger partial charge in [-0.2, -0.15) is 0 Å². The molecule has 11 atom stereocenters. The van der Waals surface area contributed by atoms with E-state index < -0.39 is 92.0 Å². The van der Waals surface area contributed by atoms with Crippen LogP contribution in [-0.4, -0.2) is 152 Å². The number of methoxy groups -OCH3 is 3. The Hall–Kier alpha value is -3.49. The van der Waals surface area contributed by atoms with Gasteiger partial charge in [-0.05, 0) is 75.9 Å². The molecule has 0 saturated carbocycles. The van der Waals surface area contributed by atoms with Crippen LogP contribution in [0.1, 0.15) is 73.1 Å². The lowest BCUT2D eigenvalue weighted by Gasteiger charge is -2.43. The third-order valence-electron chi connectivity index (χ3n) is 10.7. The van der Waals surface area contributed by atoms with Crippen LogP contribution in [0.25, 0.3) is 0 Å². The summed E-state index contributed by atoms with van der Waals surface area (Å²) in [7, 11) is 3.82. The molecule has 17 nitrogen and oxygen atoms in total. The fourth-order valence-electron chi connectivity index (χ4n) is 7.24. The Morgan fingerprint density at radius 3 is 2.24 bits per heavy atom. The van der Waals surface area contributed by atoms with E-state index in [4.69, 9.17) is 33.2 Å². The Bertz CT molecular complexity index is 1540. The molecular weight excluding hydrogens is 772 g/mol. The zero-order chi connectivity index (χ0) is 43.9. The van der Waals surface area contributed by atoms with Crippen LogP contribution in [0.4, 0.5) is 4.79 Å². The molecule has 2 fully saturated rings. The fraction of sp³-hybridized carbons (Fsp3) is 0.690. The Labute approximate surface area is 347 Å². The summed E-state index contributed by atoms with van der Waals surface area (Å²) >= 11 is 0. The van der Waals surface area contributed by atoms with Crippen molar-refractivity contribution in [3.05, 3.63) is 58.7 Å². The first-order valence-electron chi connectivity index (χ1n) is 20.0. The summed E-state index contributed by atoms with van der Waals surface area (Å²) in [6.45, 7) is 10.1. The predicted molar refractivity (Wildman–Crippen MR) is 214 cm³/mol. The highest BCUT2D eigenvalue weighted by atomic mass is 16.7. The highest BCUT2D eigenvalue weighted by Gasteiger charge is 2.49. The van der Waals surface area contributed by atoms with Crippen molar-refractivity contribution < 1.29 is 73.1 Å². The SMILES string of the molecule is COCC1O[C@@H](OCC2O[C@H](OC)C(O)[C@@H](OC(=O)NCCCC[C@H](NC(=O)/C=C(C)/C=C/C=C(C)/C=C/C3=C(C)CCCC3(C)C)C(=O)OC)[C@@H]2O)C(O)[C@@H](O)[C@@H]1O. The fourth-order valence-corrected chi connectivity index (χ4v) is 7.24. The number of carbonyl (C=O) groups excluding carboxylic acids is 3. The van der Waals surface area contributed by atoms with Crippen LogP contribution >= 0.6 is 0 Å². The highest BCUT2D eigenvalue weighted by molar-refractivity contribution is 5.92. The van der Waals surface area contributed by atoms with Gasteiger partial charge < -0.3 is 69.3 Å². The zero-order valence-corrected chi connectivity index (χ0v) is 35.5. The number of aliphatic hydroxyl groups is 5. The largest absolute Gasteiger partial charge is 0.467 e. The number of rotatable bonds is 19. The van der Waals surface area contributed by atoms with Gasteiger partial charge in [-0.25, -0.2) is 9.59 Å². The summed E-state index contributed by atoms with van der Waals surface area (Å²) in [4.78, 5) is 38.0. The average Bonchev–Trinajstić information content (AvgIpc) is 3.18. The van der Waals surface area contributed by atoms with Gasteiger partial charge >= 0.3 is 12.1 Å². The molecule has 4 unspecified atom stereocenters. The van der Waals surface area contributed by atoms with Gasteiger partial charge in [0.1, 0.15) is 48.8 Å². The quantitative estimate of drug-likeness (QED) is 0.0426. The van der Waals surface area contributed by atoms with Crippen LogP contribution in [0.5, 0.6) is 0 Å². The first-order chi connectivity index (χ1) is 27.9. The minimum atomic E-state index is -1.65. The lowest BCUT2D eigenvalue weighted by molar-refractivity contribution is -0.328. The summed E-state index contributed by atoms with van der Waals surface area (Å²) < 4.78 is 37.0. The van der Waals surface area contributed by atoms with Crippen molar-refractivity contribution in [2.24, 2.45) is 5.41 Å². The second-order valence-electron chi connectivity index (χ2n) is 15.9. The molecule has 3 aliphatic rings. The molecule has 3 rings (SSSR count). The summed E-state index contributed by atoms with van der Waals surface area (Å²) in [6, 6.07) is -0.932. The van der Waals surface area contributed by atoms with E-state index in [9.17, 15) is 39.9 Å². The number of esters is 1. The maximum absolute atomic E-state index is 12.8. The minimum Gasteiger partial charge on any atom is -0.467 e. The smallest absolute Gasteiger partial charge is 0.407 e. The monoisotopic (exact) mass is 838 g/mol. The van der Waals surface area contributed by atoms with Crippen molar-refractivity contribution in [1.29, 1.82) is 0 Å². The molecule has 0 aromatic carbocycles. The van der Waals surface area contributed by atoms with E-state index >= 15 is 0 Å². The lowest BCUT2D eigenvalue weighted by atomic mass is 9.72. The molecule has 17 heteroatoms. The van der Waals surface area contributed by atoms with E-state index in [-0.39, 0.29) is 25.0 Å². The first kappa shape index (κ1) is 49.9. The van der Waals surface area contributed by atoms with Crippen molar-refractivity contribution in [2.45, 2.75) is 141 Å². The molecule has 1 aliphatic carbocycles. The van der Waals surface area contributed by atoms with E-state index in [0.717, 1.165) is 12.0 Å². The molecule has 0 aromatic heterocycles. The van der Waals surface area contributed by atoms with E-state index in [1.54, 1.807) is 13.0 Å². The number of hydrogen-bond acceptors (Lipinski definition) is 15. The summed E-state index contributed by atoms with van der Waals surface area (Å²) in [5.41, 5.74) is 4.72. The lowest BCUT2D eigenvalue weighted by Crippen LogP contribution is -2.62. The molecule has 2 heterocycles. The second kappa shape index (κ2) is 24.1. The molecule has 2 aliphatic heterocycles. The molecule has 0 spiro atoms. The highest BCUT2D eigenvalue weighted by Crippen LogP contribution is 2.40. The van der Waals surface area contributed by atoms with E-state index in [2.05, 4.69) is 43.6 Å². The van der Waals surface area contributed by atoms with Gasteiger partial charge in [0.05, 0.1) is 20.3 Å². The molecule has 0 radical (unpaired) electrons. The number of alkyl carbamates (subject to hydrolysis) is 1. The molecule has 7 N–H and O–H groups in total. The van der Waals surface area contributed by atoms with Gasteiger partial charge in [-0.1, -0.05) is 55.4 Å². The van der Waals surface area contributed by atoms with E-state index in [1.807, 2.05) is 19.1 Å². The van der Waals surface area contributed by atoms with Crippen molar-refractivity contribution in [2.75, 3.05) is 41.1 Å². The number of allylic oxidation sites excluding steroid dienone is 9. The van der Waals surface area contributed by atoms with Gasteiger partial charge in [-0.3, -0.25) is 4.79 Å². The van der Waals surface area contributed by atoms with Crippen molar-refractivity contribution in [3.63, 3.8) is 0 Å². The van der Waals surface area contributed by atoms with Gasteiger partial charge in [0.15, 0.2) is 18.7 Å². The maximum atomic E-state index is 12.8. The predicted octanol–water partition coefficient (Wildman–Crippen LogP) is 2.00. The van der Waals surface area contributed by atoms with Crippen LogP contribution in [-0.2, 0) is 42.7 Å². The third-order valence-corrected chi connectivity index (χ3v) is 10.7. The van der Waals surface area contributed by atoms with Crippen molar-refractivity contribution in [1.82, 2.24) is 10.6 Å². The topological polar surface area (TPSA) is 241 Å². The Morgan fingerprint density at radius 1 is 0.881 bits per heavy atom. The Balaban J connectivity index is 1.47. The van der Waals surface area contributed by atoms with Gasteiger partial charge in [0, 0.05) is 26.8 Å². The number of nitrogens with one attached hydrogen (secondary N) is 2. The van der Waals surface area contributed by atoms with Crippen LogP contribution in [0.3, 0.4) is 0 Å². The molecule has 59 heavy (non-hydrogen) atoms. The maximum Gasteiger partial charge on any atom is 0.407 e. The van der Waals surface area contributed by atoms with E-state index in [0.29, 0.717) is 18.4 Å². The molecule has 0 aromatic rings. The number of aliphatic hydroxyl groups excluding tert-OH is 5. The van der Waals surface area contributed by atoms with Crippen LogP contribution < -0.4 is 10.6 Å². The summed E-state index contributed by atoms with van der Waals surface area (Å²) in [5, 5.41) is 57.6. The summed E-state index contributed by atoms with van der Waals surface area (Å²) in [6.07, 6.45) is 0.337. The van der Waals surface area contributed by atoms with Crippen LogP contribution in [0.15, 0.2) is 58.7 Å². The number of hydrogen-bond donors (Lipinski definition) is 7. The number of amides is 2.